The van der Waals surface area contributed by atoms with Crippen LogP contribution >= 0.6 is 12.2 Å². The fourth-order valence-corrected chi connectivity index (χ4v) is 1.16. The molecule has 76 valence electrons. The highest BCUT2D eigenvalue weighted by atomic mass is 32.1. The van der Waals surface area contributed by atoms with Gasteiger partial charge < -0.3 is 10.1 Å². The lowest BCUT2D eigenvalue weighted by Gasteiger charge is -2.08. The highest BCUT2D eigenvalue weighted by Crippen LogP contribution is 2.00. The predicted octanol–water partition coefficient (Wildman–Crippen LogP) is 2.49. The van der Waals surface area contributed by atoms with Crippen molar-refractivity contribution in [3.05, 3.63) is 35.9 Å². The van der Waals surface area contributed by atoms with E-state index in [-0.39, 0.29) is 0 Å². The molecule has 14 heavy (non-hydrogen) atoms. The molecule has 3 heteroatoms. The Balaban J connectivity index is 2.24. The Labute approximate surface area is 90.3 Å². The molecule has 0 bridgehead atoms. The third-order valence-corrected chi connectivity index (χ3v) is 1.99. The van der Waals surface area contributed by atoms with E-state index < -0.39 is 0 Å². The van der Waals surface area contributed by atoms with E-state index >= 15 is 0 Å². The molecule has 0 fully saturated rings. The second kappa shape index (κ2) is 6.38. The first-order valence-corrected chi connectivity index (χ1v) is 5.18. The Bertz CT molecular complexity index is 274. The number of hydrogen-bond acceptors (Lipinski definition) is 2. The molecule has 2 nitrogen and oxygen atoms in total. The fraction of sp³-hybridized carbons (Fsp3) is 0.364. The number of rotatable bonds is 4. The van der Waals surface area contributed by atoms with E-state index in [2.05, 4.69) is 12.2 Å². The summed E-state index contributed by atoms with van der Waals surface area (Å²) in [6.45, 7) is 3.50. The Kier molecular flexibility index (Phi) is 5.00. The second-order valence-corrected chi connectivity index (χ2v) is 3.36. The van der Waals surface area contributed by atoms with E-state index in [1.807, 2.05) is 30.3 Å². The third kappa shape index (κ3) is 4.23. The summed E-state index contributed by atoms with van der Waals surface area (Å²) in [5, 5.41) is 3.49. The number of nitrogens with one attached hydrogen (secondary N) is 1. The van der Waals surface area contributed by atoms with E-state index in [4.69, 9.17) is 17.0 Å². The molecule has 0 saturated carbocycles. The first-order valence-electron chi connectivity index (χ1n) is 4.77. The van der Waals surface area contributed by atoms with Gasteiger partial charge in [-0.15, -0.1) is 0 Å². The maximum absolute atomic E-state index is 5.35. The average molecular weight is 209 g/mol. The van der Waals surface area contributed by atoms with Crippen LogP contribution in [-0.4, -0.2) is 11.7 Å². The number of ether oxygens (including phenoxy) is 1. The first kappa shape index (κ1) is 11.0. The van der Waals surface area contributed by atoms with Gasteiger partial charge in [0, 0.05) is 6.54 Å². The minimum atomic E-state index is 0.482. The smallest absolute Gasteiger partial charge is 0.256 e. The van der Waals surface area contributed by atoms with Crippen molar-refractivity contribution in [1.82, 2.24) is 5.32 Å². The maximum atomic E-state index is 5.35. The summed E-state index contributed by atoms with van der Waals surface area (Å²) in [5.41, 5.74) is 1.13. The normalized spacial score (nSPS) is 9.50. The molecule has 1 aromatic rings. The largest absolute Gasteiger partial charge is 0.466 e. The van der Waals surface area contributed by atoms with Crippen molar-refractivity contribution in [3.8, 4) is 0 Å². The van der Waals surface area contributed by atoms with Gasteiger partial charge in [0.25, 0.3) is 5.17 Å². The molecule has 0 atom stereocenters. The zero-order valence-electron chi connectivity index (χ0n) is 8.32. The first-order chi connectivity index (χ1) is 6.83. The van der Waals surface area contributed by atoms with E-state index in [1.165, 1.54) is 0 Å². The summed E-state index contributed by atoms with van der Waals surface area (Å²) < 4.78 is 5.35. The molecule has 1 aromatic carbocycles. The summed E-state index contributed by atoms with van der Waals surface area (Å²) in [6.07, 6.45) is 1.05. The lowest BCUT2D eigenvalue weighted by Crippen LogP contribution is -2.24. The van der Waals surface area contributed by atoms with Crippen LogP contribution in [0, 0.1) is 0 Å². The lowest BCUT2D eigenvalue weighted by atomic mass is 10.2. The van der Waals surface area contributed by atoms with E-state index in [9.17, 15) is 0 Å². The van der Waals surface area contributed by atoms with Crippen molar-refractivity contribution in [2.45, 2.75) is 20.0 Å². The number of benzene rings is 1. The highest BCUT2D eigenvalue weighted by molar-refractivity contribution is 7.80. The third-order valence-electron chi connectivity index (χ3n) is 1.73. The van der Waals surface area contributed by atoms with Gasteiger partial charge in [-0.2, -0.15) is 0 Å². The minimum absolute atomic E-state index is 0.482. The van der Waals surface area contributed by atoms with Crippen LogP contribution in [0.15, 0.2) is 30.3 Å². The van der Waals surface area contributed by atoms with Crippen molar-refractivity contribution in [1.29, 1.82) is 0 Å². The molecule has 0 heterocycles. The Morgan fingerprint density at radius 3 is 2.71 bits per heavy atom. The molecule has 0 unspecified atom stereocenters. The van der Waals surface area contributed by atoms with Gasteiger partial charge in [0.1, 0.15) is 6.61 Å². The summed E-state index contributed by atoms with van der Waals surface area (Å²) in [4.78, 5) is 0. The quantitative estimate of drug-likeness (QED) is 0.770. The monoisotopic (exact) mass is 209 g/mol. The maximum Gasteiger partial charge on any atom is 0.256 e. The molecule has 0 radical (unpaired) electrons. The van der Waals surface area contributed by atoms with Crippen LogP contribution in [0.3, 0.4) is 0 Å². The number of hydrogen-bond donors (Lipinski definition) is 1. The molecule has 0 aliphatic heterocycles. The molecular weight excluding hydrogens is 194 g/mol. The molecule has 1 rings (SSSR count). The highest BCUT2D eigenvalue weighted by Gasteiger charge is 1.96. The van der Waals surface area contributed by atoms with Crippen molar-refractivity contribution < 1.29 is 4.74 Å². The van der Waals surface area contributed by atoms with Crippen LogP contribution < -0.4 is 5.32 Å². The van der Waals surface area contributed by atoms with Crippen LogP contribution in [0.4, 0.5) is 0 Å². The minimum Gasteiger partial charge on any atom is -0.466 e. The zero-order chi connectivity index (χ0) is 10.2. The van der Waals surface area contributed by atoms with Gasteiger partial charge in [-0.25, -0.2) is 0 Å². The summed E-state index contributed by atoms with van der Waals surface area (Å²) >= 11 is 4.99. The molecule has 1 N–H and O–H groups in total. The van der Waals surface area contributed by atoms with Crippen LogP contribution in [0.25, 0.3) is 0 Å². The van der Waals surface area contributed by atoms with Crippen molar-refractivity contribution in [2.24, 2.45) is 0 Å². The Hall–Kier alpha value is -1.09. The van der Waals surface area contributed by atoms with Gasteiger partial charge in [-0.1, -0.05) is 37.3 Å². The average Bonchev–Trinajstić information content (AvgIpc) is 2.25. The van der Waals surface area contributed by atoms with Crippen LogP contribution in [-0.2, 0) is 11.3 Å². The summed E-state index contributed by atoms with van der Waals surface area (Å²) in [6, 6.07) is 9.99. The number of thiocarbonyl (C=S) groups is 1. The zero-order valence-corrected chi connectivity index (χ0v) is 9.14. The second-order valence-electron chi connectivity index (χ2n) is 2.99. The molecular formula is C11H15NOS. The standard InChI is InChI=1S/C11H15NOS/c1-2-8-12-11(14)13-9-10-6-4-3-5-7-10/h3-7H,2,8-9H2,1H3,(H,12,14). The fourth-order valence-electron chi connectivity index (χ4n) is 1.00. The summed E-state index contributed by atoms with van der Waals surface area (Å²) in [5.74, 6) is 0. The molecule has 0 amide bonds. The van der Waals surface area contributed by atoms with Crippen LogP contribution in [0.1, 0.15) is 18.9 Å². The van der Waals surface area contributed by atoms with E-state index in [1.54, 1.807) is 0 Å². The molecule has 0 aliphatic carbocycles. The lowest BCUT2D eigenvalue weighted by molar-refractivity contribution is 0.286. The topological polar surface area (TPSA) is 21.3 Å². The van der Waals surface area contributed by atoms with Crippen LogP contribution in [0.2, 0.25) is 0 Å². The van der Waals surface area contributed by atoms with Gasteiger partial charge in [-0.3, -0.25) is 0 Å². The predicted molar refractivity (Wildman–Crippen MR) is 62.1 cm³/mol. The van der Waals surface area contributed by atoms with Gasteiger partial charge >= 0.3 is 0 Å². The molecule has 0 saturated heterocycles. The molecule has 0 spiro atoms. The molecule has 0 aromatic heterocycles. The van der Waals surface area contributed by atoms with Crippen molar-refractivity contribution >= 4 is 17.4 Å². The Morgan fingerprint density at radius 1 is 1.36 bits per heavy atom. The SMILES string of the molecule is CCCNC(=S)OCc1ccccc1. The molecule has 0 aliphatic rings. The van der Waals surface area contributed by atoms with Gasteiger partial charge in [-0.05, 0) is 24.2 Å². The summed E-state index contributed by atoms with van der Waals surface area (Å²) in [7, 11) is 0. The van der Waals surface area contributed by atoms with Gasteiger partial charge in [0.05, 0.1) is 0 Å². The van der Waals surface area contributed by atoms with Gasteiger partial charge in [0.15, 0.2) is 0 Å². The van der Waals surface area contributed by atoms with Gasteiger partial charge in [0.2, 0.25) is 0 Å². The van der Waals surface area contributed by atoms with Crippen molar-refractivity contribution in [2.75, 3.05) is 6.54 Å². The Morgan fingerprint density at radius 2 is 2.07 bits per heavy atom. The van der Waals surface area contributed by atoms with Crippen LogP contribution in [0.5, 0.6) is 0 Å². The van der Waals surface area contributed by atoms with Crippen molar-refractivity contribution in [3.63, 3.8) is 0 Å². The van der Waals surface area contributed by atoms with E-state index in [0.717, 1.165) is 18.5 Å². The van der Waals surface area contributed by atoms with E-state index in [0.29, 0.717) is 11.8 Å².